The SMILES string of the molecule is Cc1ccc(NC(=O)Cn2c(=O)c(-c3noc(C)n3)c3n(c2=O)CCCCC3)cc1. The third kappa shape index (κ3) is 3.83. The molecule has 0 saturated carbocycles. The smallest absolute Gasteiger partial charge is 0.331 e. The summed E-state index contributed by atoms with van der Waals surface area (Å²) >= 11 is 0. The fourth-order valence-corrected chi connectivity index (χ4v) is 3.72. The maximum absolute atomic E-state index is 13.3. The van der Waals surface area contributed by atoms with Gasteiger partial charge in [0, 0.05) is 24.8 Å². The minimum atomic E-state index is -0.576. The minimum Gasteiger partial charge on any atom is -0.339 e. The Kier molecular flexibility index (Phi) is 5.35. The first-order chi connectivity index (χ1) is 14.4. The Morgan fingerprint density at radius 2 is 1.90 bits per heavy atom. The maximum atomic E-state index is 13.3. The lowest BCUT2D eigenvalue weighted by molar-refractivity contribution is -0.116. The molecule has 3 heterocycles. The molecule has 0 spiro atoms. The average molecular weight is 409 g/mol. The number of amides is 1. The number of aryl methyl sites for hydroxylation is 2. The first-order valence-corrected chi connectivity index (χ1v) is 9.98. The molecule has 4 rings (SSSR count). The Morgan fingerprint density at radius 3 is 2.60 bits per heavy atom. The van der Waals surface area contributed by atoms with E-state index in [0.717, 1.165) is 29.4 Å². The summed E-state index contributed by atoms with van der Waals surface area (Å²) in [5.41, 5.74) is 1.44. The molecule has 1 aromatic carbocycles. The van der Waals surface area contributed by atoms with Gasteiger partial charge in [-0.05, 0) is 38.3 Å². The van der Waals surface area contributed by atoms with Gasteiger partial charge < -0.3 is 9.84 Å². The lowest BCUT2D eigenvalue weighted by Crippen LogP contribution is -2.44. The molecule has 1 amide bonds. The molecule has 0 atom stereocenters. The molecule has 9 heteroatoms. The van der Waals surface area contributed by atoms with E-state index in [1.165, 1.54) is 0 Å². The fraction of sp³-hybridized carbons (Fsp3) is 0.381. The molecular weight excluding hydrogens is 386 g/mol. The number of hydrogen-bond acceptors (Lipinski definition) is 6. The monoisotopic (exact) mass is 409 g/mol. The first kappa shape index (κ1) is 19.8. The van der Waals surface area contributed by atoms with Crippen molar-refractivity contribution in [2.75, 3.05) is 5.32 Å². The number of benzene rings is 1. The zero-order chi connectivity index (χ0) is 21.3. The molecule has 1 aliphatic rings. The van der Waals surface area contributed by atoms with Crippen molar-refractivity contribution in [3.63, 3.8) is 0 Å². The predicted octanol–water partition coefficient (Wildman–Crippen LogP) is 2.04. The number of nitrogens with one attached hydrogen (secondary N) is 1. The highest BCUT2D eigenvalue weighted by molar-refractivity contribution is 5.90. The van der Waals surface area contributed by atoms with Crippen molar-refractivity contribution in [3.8, 4) is 11.4 Å². The van der Waals surface area contributed by atoms with E-state index in [1.807, 2.05) is 19.1 Å². The molecule has 0 radical (unpaired) electrons. The number of rotatable bonds is 4. The molecule has 156 valence electrons. The Hall–Kier alpha value is -3.49. The number of hydrogen-bond donors (Lipinski definition) is 1. The standard InChI is InChI=1S/C21H23N5O4/c1-13-7-9-15(10-8-13)23-17(27)12-26-20(28)18(19-22-14(2)30-24-19)16-6-4-3-5-11-25(16)21(26)29/h7-10H,3-6,11-12H2,1-2H3,(H,23,27). The van der Waals surface area contributed by atoms with E-state index in [4.69, 9.17) is 4.52 Å². The van der Waals surface area contributed by atoms with Crippen molar-refractivity contribution in [2.24, 2.45) is 0 Å². The molecule has 0 bridgehead atoms. The molecule has 1 aliphatic heterocycles. The fourth-order valence-electron chi connectivity index (χ4n) is 3.72. The number of nitrogens with zero attached hydrogens (tertiary/aromatic N) is 4. The van der Waals surface area contributed by atoms with Gasteiger partial charge in [0.2, 0.25) is 17.6 Å². The van der Waals surface area contributed by atoms with E-state index in [-0.39, 0.29) is 11.4 Å². The number of fused-ring (bicyclic) bond motifs is 1. The summed E-state index contributed by atoms with van der Waals surface area (Å²) in [5, 5.41) is 6.63. The van der Waals surface area contributed by atoms with Gasteiger partial charge in [0.05, 0.1) is 0 Å². The second-order valence-corrected chi connectivity index (χ2v) is 7.51. The van der Waals surface area contributed by atoms with E-state index in [2.05, 4.69) is 15.5 Å². The summed E-state index contributed by atoms with van der Waals surface area (Å²) in [6, 6.07) is 7.28. The average Bonchev–Trinajstić information content (AvgIpc) is 2.99. The van der Waals surface area contributed by atoms with Crippen molar-refractivity contribution in [2.45, 2.75) is 52.6 Å². The van der Waals surface area contributed by atoms with Crippen LogP contribution in [0.2, 0.25) is 0 Å². The quantitative estimate of drug-likeness (QED) is 0.706. The largest absolute Gasteiger partial charge is 0.339 e. The van der Waals surface area contributed by atoms with Crippen molar-refractivity contribution in [1.29, 1.82) is 0 Å². The van der Waals surface area contributed by atoms with Crippen molar-refractivity contribution in [3.05, 3.63) is 62.3 Å². The summed E-state index contributed by atoms with van der Waals surface area (Å²) in [4.78, 5) is 43.1. The van der Waals surface area contributed by atoms with Crippen LogP contribution in [-0.4, -0.2) is 25.2 Å². The highest BCUT2D eigenvalue weighted by Crippen LogP contribution is 2.21. The highest BCUT2D eigenvalue weighted by Gasteiger charge is 2.25. The normalized spacial score (nSPS) is 13.5. The molecular formula is C21H23N5O4. The Morgan fingerprint density at radius 1 is 1.13 bits per heavy atom. The van der Waals surface area contributed by atoms with Crippen LogP contribution in [-0.2, 0) is 24.3 Å². The molecule has 0 saturated heterocycles. The minimum absolute atomic E-state index is 0.149. The van der Waals surface area contributed by atoms with Crippen molar-refractivity contribution >= 4 is 11.6 Å². The molecule has 30 heavy (non-hydrogen) atoms. The zero-order valence-corrected chi connectivity index (χ0v) is 17.0. The maximum Gasteiger partial charge on any atom is 0.331 e. The van der Waals surface area contributed by atoms with Gasteiger partial charge in [0.15, 0.2) is 0 Å². The van der Waals surface area contributed by atoms with E-state index < -0.39 is 23.7 Å². The summed E-state index contributed by atoms with van der Waals surface area (Å²) in [7, 11) is 0. The Bertz CT molecular complexity index is 1200. The van der Waals surface area contributed by atoms with Gasteiger partial charge in [-0.2, -0.15) is 4.98 Å². The van der Waals surface area contributed by atoms with Crippen LogP contribution < -0.4 is 16.6 Å². The first-order valence-electron chi connectivity index (χ1n) is 9.98. The third-order valence-corrected chi connectivity index (χ3v) is 5.22. The van der Waals surface area contributed by atoms with Crippen LogP contribution in [0.25, 0.3) is 11.4 Å². The second-order valence-electron chi connectivity index (χ2n) is 7.51. The van der Waals surface area contributed by atoms with Crippen molar-refractivity contribution < 1.29 is 9.32 Å². The predicted molar refractivity (Wildman–Crippen MR) is 110 cm³/mol. The lowest BCUT2D eigenvalue weighted by atomic mass is 10.1. The van der Waals surface area contributed by atoms with Crippen molar-refractivity contribution in [1.82, 2.24) is 19.3 Å². The van der Waals surface area contributed by atoms with Gasteiger partial charge in [-0.25, -0.2) is 4.79 Å². The highest BCUT2D eigenvalue weighted by atomic mass is 16.5. The van der Waals surface area contributed by atoms with Gasteiger partial charge in [0.1, 0.15) is 12.1 Å². The van der Waals surface area contributed by atoms with Gasteiger partial charge in [0.25, 0.3) is 5.56 Å². The van der Waals surface area contributed by atoms with E-state index in [9.17, 15) is 14.4 Å². The lowest BCUT2D eigenvalue weighted by Gasteiger charge is -2.16. The van der Waals surface area contributed by atoms with Crippen LogP contribution in [0.15, 0.2) is 38.4 Å². The van der Waals surface area contributed by atoms with Crippen LogP contribution in [0, 0.1) is 13.8 Å². The van der Waals surface area contributed by atoms with Crippen LogP contribution in [0.1, 0.15) is 36.4 Å². The van der Waals surface area contributed by atoms with Gasteiger partial charge in [-0.1, -0.05) is 29.3 Å². The summed E-state index contributed by atoms with van der Waals surface area (Å²) in [6.45, 7) is 3.67. The number of aromatic nitrogens is 4. The molecule has 0 unspecified atom stereocenters. The van der Waals surface area contributed by atoms with E-state index in [0.29, 0.717) is 30.2 Å². The number of anilines is 1. The summed E-state index contributed by atoms with van der Waals surface area (Å²) in [6.07, 6.45) is 3.21. The van der Waals surface area contributed by atoms with Gasteiger partial charge >= 0.3 is 5.69 Å². The Labute approximate surface area is 172 Å². The van der Waals surface area contributed by atoms with Gasteiger partial charge in [-0.15, -0.1) is 0 Å². The second kappa shape index (κ2) is 8.10. The number of carbonyl (C=O) groups excluding carboxylic acids is 1. The van der Waals surface area contributed by atoms with Crippen LogP contribution >= 0.6 is 0 Å². The van der Waals surface area contributed by atoms with Crippen LogP contribution in [0.4, 0.5) is 5.69 Å². The molecule has 2 aromatic heterocycles. The summed E-state index contributed by atoms with van der Waals surface area (Å²) < 4.78 is 7.60. The topological polar surface area (TPSA) is 112 Å². The molecule has 9 nitrogen and oxygen atoms in total. The third-order valence-electron chi connectivity index (χ3n) is 5.22. The molecule has 0 fully saturated rings. The summed E-state index contributed by atoms with van der Waals surface area (Å²) in [5.74, 6) is 0.0185. The molecule has 0 aliphatic carbocycles. The van der Waals surface area contributed by atoms with E-state index in [1.54, 1.807) is 23.6 Å². The van der Waals surface area contributed by atoms with Crippen LogP contribution in [0.5, 0.6) is 0 Å². The van der Waals surface area contributed by atoms with Gasteiger partial charge in [-0.3, -0.25) is 18.7 Å². The molecule has 1 N–H and O–H groups in total. The zero-order valence-electron chi connectivity index (χ0n) is 17.0. The number of carbonyl (C=O) groups is 1. The van der Waals surface area contributed by atoms with Crippen LogP contribution in [0.3, 0.4) is 0 Å². The molecule has 3 aromatic rings. The Balaban J connectivity index is 1.77. The van der Waals surface area contributed by atoms with E-state index >= 15 is 0 Å².